The van der Waals surface area contributed by atoms with Crippen molar-refractivity contribution in [1.82, 2.24) is 14.8 Å². The number of aromatic nitrogens is 3. The minimum absolute atomic E-state index is 0.0521. The zero-order valence-corrected chi connectivity index (χ0v) is 45.0. The Morgan fingerprint density at radius 3 is 1.48 bits per heavy atom. The summed E-state index contributed by atoms with van der Waals surface area (Å²) in [7, 11) is 0. The van der Waals surface area contributed by atoms with E-state index in [0.29, 0.717) is 66.4 Å². The van der Waals surface area contributed by atoms with E-state index in [1.54, 1.807) is 103 Å². The summed E-state index contributed by atoms with van der Waals surface area (Å²) in [6.45, 7) is 2.81. The summed E-state index contributed by atoms with van der Waals surface area (Å²) in [6, 6.07) is 56.3. The van der Waals surface area contributed by atoms with Gasteiger partial charge >= 0.3 is 6.01 Å². The summed E-state index contributed by atoms with van der Waals surface area (Å²) in [5.74, 6) is -4.50. The van der Waals surface area contributed by atoms with Gasteiger partial charge in [0.2, 0.25) is 5.89 Å². The van der Waals surface area contributed by atoms with Crippen molar-refractivity contribution in [2.45, 2.75) is 13.5 Å². The number of hydrogen-bond donors (Lipinski definition) is 0. The summed E-state index contributed by atoms with van der Waals surface area (Å²) < 4.78 is 7.98. The molecule has 17 rings (SSSR count). The SMILES string of the molecule is CCn1c2ccccc2c2cc(N3C(=O)c4cccc(-c5ccc6c(c5)C(=O)N(c5ccc7ccc8c(N9C(=O)c%10cccc(-c%11ccc%12c(c%11)C(=O)N(c%11nnc(-c%13ccccc%13)o%11)C%12=O)c%10C9=O)ccc9ccc5c7c98)C6=O)c4C3=O)ccc21. The van der Waals surface area contributed by atoms with E-state index >= 15 is 0 Å². The average molecular weight is 1120 g/mol. The first-order chi connectivity index (χ1) is 42.0. The first-order valence-corrected chi connectivity index (χ1v) is 27.7. The Morgan fingerprint density at radius 2 is 0.849 bits per heavy atom. The molecule has 406 valence electrons. The number of anilines is 4. The van der Waals surface area contributed by atoms with Gasteiger partial charge in [-0.1, -0.05) is 114 Å². The molecule has 0 aliphatic carbocycles. The molecule has 4 aliphatic rings. The highest BCUT2D eigenvalue weighted by atomic mass is 16.4. The molecule has 0 saturated carbocycles. The van der Waals surface area contributed by atoms with E-state index < -0.39 is 47.3 Å². The van der Waals surface area contributed by atoms with Gasteiger partial charge in [0.1, 0.15) is 0 Å². The number of amides is 8. The van der Waals surface area contributed by atoms with Crippen molar-refractivity contribution in [1.29, 1.82) is 0 Å². The van der Waals surface area contributed by atoms with Crippen LogP contribution in [0.5, 0.6) is 0 Å². The third-order valence-corrected chi connectivity index (χ3v) is 17.3. The third kappa shape index (κ3) is 6.45. The van der Waals surface area contributed by atoms with Crippen LogP contribution in [-0.2, 0) is 6.54 Å². The van der Waals surface area contributed by atoms with E-state index in [2.05, 4.69) is 27.8 Å². The Morgan fingerprint density at radius 1 is 0.349 bits per heavy atom. The lowest BCUT2D eigenvalue weighted by molar-refractivity contribution is 0.0904. The normalized spacial score (nSPS) is 14.7. The zero-order valence-electron chi connectivity index (χ0n) is 45.0. The maximum Gasteiger partial charge on any atom is 0.332 e. The number of carbonyl (C=O) groups excluding carboxylic acids is 8. The molecule has 11 aromatic carbocycles. The second kappa shape index (κ2) is 17.5. The van der Waals surface area contributed by atoms with E-state index in [1.165, 1.54) is 17.0 Å². The molecule has 16 heteroatoms. The van der Waals surface area contributed by atoms with Gasteiger partial charge < -0.3 is 8.98 Å². The van der Waals surface area contributed by atoms with Crippen LogP contribution in [0.4, 0.5) is 23.1 Å². The molecule has 0 saturated heterocycles. The molecular weight excluding hydrogens is 1080 g/mol. The van der Waals surface area contributed by atoms with Crippen LogP contribution < -0.4 is 19.6 Å². The second-order valence-corrected chi connectivity index (χ2v) is 21.6. The fourth-order valence-corrected chi connectivity index (χ4v) is 13.4. The highest BCUT2D eigenvalue weighted by Gasteiger charge is 2.44. The number of para-hydroxylation sites is 1. The summed E-state index contributed by atoms with van der Waals surface area (Å²) >= 11 is 0. The van der Waals surface area contributed by atoms with Gasteiger partial charge in [0.05, 0.1) is 61.6 Å². The summed E-state index contributed by atoms with van der Waals surface area (Å²) in [6.07, 6.45) is 0. The van der Waals surface area contributed by atoms with Crippen LogP contribution in [0, 0.1) is 0 Å². The monoisotopic (exact) mass is 1120 g/mol. The van der Waals surface area contributed by atoms with Gasteiger partial charge in [-0.3, -0.25) is 38.4 Å². The van der Waals surface area contributed by atoms with Gasteiger partial charge in [-0.05, 0) is 136 Å². The molecule has 0 bridgehead atoms. The third-order valence-electron chi connectivity index (χ3n) is 17.3. The molecule has 0 spiro atoms. The first kappa shape index (κ1) is 48.6. The zero-order chi connectivity index (χ0) is 58.1. The Labute approximate surface area is 485 Å². The van der Waals surface area contributed by atoms with E-state index in [4.69, 9.17) is 4.42 Å². The van der Waals surface area contributed by atoms with Crippen molar-refractivity contribution in [3.05, 3.63) is 239 Å². The molecule has 0 atom stereocenters. The van der Waals surface area contributed by atoms with Crippen molar-refractivity contribution < 1.29 is 42.8 Å². The van der Waals surface area contributed by atoms with Gasteiger partial charge in [0, 0.05) is 44.7 Å². The van der Waals surface area contributed by atoms with Crippen molar-refractivity contribution in [2.24, 2.45) is 0 Å². The van der Waals surface area contributed by atoms with Gasteiger partial charge in [-0.25, -0.2) is 14.7 Å². The smallest absolute Gasteiger partial charge is 0.332 e. The number of nitrogens with zero attached hydrogens (tertiary/aromatic N) is 7. The molecular formula is C70H37N7O9. The predicted molar refractivity (Wildman–Crippen MR) is 323 cm³/mol. The molecule has 86 heavy (non-hydrogen) atoms. The van der Waals surface area contributed by atoms with Crippen LogP contribution in [-0.4, -0.2) is 62.0 Å². The summed E-state index contributed by atoms with van der Waals surface area (Å²) in [5, 5.41) is 14.0. The molecule has 4 aliphatic heterocycles. The molecule has 16 nitrogen and oxygen atoms in total. The number of rotatable bonds is 8. The molecule has 2 aromatic heterocycles. The van der Waals surface area contributed by atoms with Gasteiger partial charge in [0.25, 0.3) is 47.3 Å². The maximum atomic E-state index is 15.0. The molecule has 0 N–H and O–H groups in total. The fourth-order valence-electron chi connectivity index (χ4n) is 13.4. The summed E-state index contributed by atoms with van der Waals surface area (Å²) in [4.78, 5) is 120. The van der Waals surface area contributed by atoms with Crippen molar-refractivity contribution >= 4 is 124 Å². The first-order valence-electron chi connectivity index (χ1n) is 27.7. The second-order valence-electron chi connectivity index (χ2n) is 21.6. The molecule has 8 amide bonds. The van der Waals surface area contributed by atoms with Crippen LogP contribution in [0.2, 0.25) is 0 Å². The van der Waals surface area contributed by atoms with Crippen LogP contribution >= 0.6 is 0 Å². The number of fused-ring (bicyclic) bond motifs is 7. The van der Waals surface area contributed by atoms with Gasteiger partial charge in [-0.2, -0.15) is 4.90 Å². The van der Waals surface area contributed by atoms with Crippen LogP contribution in [0.3, 0.4) is 0 Å². The molecule has 13 aromatic rings. The topological polar surface area (TPSA) is 193 Å². The lowest BCUT2D eigenvalue weighted by Crippen LogP contribution is -2.30. The van der Waals surface area contributed by atoms with Gasteiger partial charge in [0.15, 0.2) is 0 Å². The van der Waals surface area contributed by atoms with Crippen LogP contribution in [0.25, 0.3) is 87.8 Å². The highest BCUT2D eigenvalue weighted by Crippen LogP contribution is 2.47. The highest BCUT2D eigenvalue weighted by molar-refractivity contribution is 6.42. The Bertz CT molecular complexity index is 5390. The van der Waals surface area contributed by atoms with Crippen molar-refractivity contribution in [2.75, 3.05) is 19.6 Å². The van der Waals surface area contributed by atoms with E-state index in [1.807, 2.05) is 72.8 Å². The Kier molecular flexibility index (Phi) is 9.90. The van der Waals surface area contributed by atoms with Crippen LogP contribution in [0.1, 0.15) is 89.8 Å². The van der Waals surface area contributed by atoms with Crippen molar-refractivity contribution in [3.8, 4) is 33.7 Å². The predicted octanol–water partition coefficient (Wildman–Crippen LogP) is 13.3. The number of aryl methyl sites for hydroxylation is 1. The minimum atomic E-state index is -0.695. The number of hydrogen-bond acceptors (Lipinski definition) is 11. The van der Waals surface area contributed by atoms with Gasteiger partial charge in [-0.15, -0.1) is 5.10 Å². The Balaban J connectivity index is 0.689. The maximum absolute atomic E-state index is 15.0. The standard InChI is InChI=1S/C70H37N7O9/c1-2-73-53-17-7-6-12-43(53)50-34-40(24-31-54(50)73)74-64(80)48-15-8-13-41(59(48)68(74)84)38-20-25-44-51(32-38)66(82)75(62(44)78)55-29-22-35-19-28-47-56(30-23-36-18-27-46(55)57(35)58(36)47)76-65(81)49-16-9-14-42(60(49)69(76)85)39-21-26-45-52(33-39)67(83)77(63(45)79)70-72-71-61(86-70)37-10-4-3-5-11-37/h3-34H,2H2,1H3. The lowest BCUT2D eigenvalue weighted by atomic mass is 9.92. The van der Waals surface area contributed by atoms with Crippen molar-refractivity contribution in [3.63, 3.8) is 0 Å². The largest absolute Gasteiger partial charge is 0.403 e. The minimum Gasteiger partial charge on any atom is -0.403 e. The quantitative estimate of drug-likeness (QED) is 0.104. The Hall–Kier alpha value is -12.0. The van der Waals surface area contributed by atoms with E-state index in [9.17, 15) is 38.4 Å². The van der Waals surface area contributed by atoms with E-state index in [0.717, 1.165) is 53.8 Å². The summed E-state index contributed by atoms with van der Waals surface area (Å²) in [5.41, 5.74) is 6.50. The fraction of sp³-hybridized carbons (Fsp3) is 0.0286. The van der Waals surface area contributed by atoms with Crippen LogP contribution in [0.15, 0.2) is 199 Å². The molecule has 6 heterocycles. The number of imide groups is 4. The number of carbonyl (C=O) groups is 8. The lowest BCUT2D eigenvalue weighted by Gasteiger charge is -2.22. The number of benzene rings is 11. The van der Waals surface area contributed by atoms with E-state index in [-0.39, 0.29) is 56.4 Å². The molecule has 0 radical (unpaired) electrons. The molecule has 0 unspecified atom stereocenters. The molecule has 0 fully saturated rings. The average Bonchev–Trinajstić information content (AvgIpc) is 1.27.